The van der Waals surface area contributed by atoms with Gasteiger partial charge in [0.25, 0.3) is 5.91 Å². The summed E-state index contributed by atoms with van der Waals surface area (Å²) in [6, 6.07) is 13.5. The maximum atomic E-state index is 12.7. The zero-order valence-corrected chi connectivity index (χ0v) is 15.2. The summed E-state index contributed by atoms with van der Waals surface area (Å²) in [5, 5.41) is 10.6. The molecule has 0 saturated carbocycles. The van der Waals surface area contributed by atoms with Crippen LogP contribution in [0.5, 0.6) is 11.5 Å². The molecular formula is C21H19N3O4. The maximum absolute atomic E-state index is 12.7. The summed E-state index contributed by atoms with van der Waals surface area (Å²) in [5.74, 6) is 1.10. The number of hydrogen-bond donors (Lipinski definition) is 1. The Balaban J connectivity index is 1.35. The van der Waals surface area contributed by atoms with Gasteiger partial charge in [0.2, 0.25) is 11.9 Å². The minimum atomic E-state index is -0.775. The highest BCUT2D eigenvalue weighted by Crippen LogP contribution is 2.32. The predicted molar refractivity (Wildman–Crippen MR) is 101 cm³/mol. The van der Waals surface area contributed by atoms with Crippen LogP contribution in [0.1, 0.15) is 24.0 Å². The van der Waals surface area contributed by atoms with Gasteiger partial charge in [-0.05, 0) is 65.3 Å². The van der Waals surface area contributed by atoms with Crippen LogP contribution in [0.15, 0.2) is 47.1 Å². The Kier molecular flexibility index (Phi) is 4.20. The summed E-state index contributed by atoms with van der Waals surface area (Å²) in [4.78, 5) is 12.7. The van der Waals surface area contributed by atoms with Crippen molar-refractivity contribution in [2.45, 2.75) is 31.8 Å². The molecule has 2 aromatic carbocycles. The first-order valence-corrected chi connectivity index (χ1v) is 9.42. The second-order valence-corrected chi connectivity index (χ2v) is 7.01. The van der Waals surface area contributed by atoms with Crippen molar-refractivity contribution in [2.75, 3.05) is 11.9 Å². The van der Waals surface area contributed by atoms with Crippen LogP contribution in [-0.4, -0.2) is 28.9 Å². The Bertz CT molecular complexity index is 1030. The molecule has 1 amide bonds. The molecule has 0 fully saturated rings. The van der Waals surface area contributed by atoms with Crippen molar-refractivity contribution in [3.05, 3.63) is 53.6 Å². The highest BCUT2D eigenvalue weighted by molar-refractivity contribution is 5.96. The number of hydrogen-bond acceptors (Lipinski definition) is 6. The standard InChI is InChI=1S/C21H19N3O4/c25-21(18-12-26-16-7-3-4-8-17(16)27-18)22-20-19(23-28-24-20)15-10-9-13-5-1-2-6-14(13)11-15/h3-4,7-11,18H,1-2,5-6,12H2,(H,22,24,25)/t18-/m1/s1. The van der Waals surface area contributed by atoms with Crippen LogP contribution < -0.4 is 14.8 Å². The first-order valence-electron chi connectivity index (χ1n) is 9.42. The van der Waals surface area contributed by atoms with E-state index in [1.165, 1.54) is 24.0 Å². The van der Waals surface area contributed by atoms with E-state index < -0.39 is 6.10 Å². The molecule has 1 aliphatic heterocycles. The van der Waals surface area contributed by atoms with Crippen LogP contribution in [0, 0.1) is 0 Å². The van der Waals surface area contributed by atoms with Crippen molar-refractivity contribution >= 4 is 11.7 Å². The fraction of sp³-hybridized carbons (Fsp3) is 0.286. The number of aromatic nitrogens is 2. The fourth-order valence-corrected chi connectivity index (χ4v) is 3.69. The molecule has 28 heavy (non-hydrogen) atoms. The van der Waals surface area contributed by atoms with Crippen LogP contribution in [0.2, 0.25) is 0 Å². The Labute approximate surface area is 161 Å². The largest absolute Gasteiger partial charge is 0.485 e. The number of carbonyl (C=O) groups excluding carboxylic acids is 1. The normalized spacial score (nSPS) is 17.6. The SMILES string of the molecule is O=C(Nc1nonc1-c1ccc2c(c1)CCCC2)[C@H]1COc2ccccc2O1. The van der Waals surface area contributed by atoms with Gasteiger partial charge in [-0.1, -0.05) is 24.3 Å². The van der Waals surface area contributed by atoms with E-state index in [9.17, 15) is 4.79 Å². The van der Waals surface area contributed by atoms with Gasteiger partial charge in [0, 0.05) is 5.56 Å². The van der Waals surface area contributed by atoms with Crippen molar-refractivity contribution in [2.24, 2.45) is 0 Å². The van der Waals surface area contributed by atoms with Gasteiger partial charge in [-0.15, -0.1) is 0 Å². The van der Waals surface area contributed by atoms with Crippen molar-refractivity contribution in [3.8, 4) is 22.8 Å². The van der Waals surface area contributed by atoms with Crippen molar-refractivity contribution < 1.29 is 18.9 Å². The van der Waals surface area contributed by atoms with Crippen LogP contribution >= 0.6 is 0 Å². The van der Waals surface area contributed by atoms with E-state index in [0.717, 1.165) is 18.4 Å². The minimum Gasteiger partial charge on any atom is -0.485 e. The van der Waals surface area contributed by atoms with E-state index in [2.05, 4.69) is 27.8 Å². The highest BCUT2D eigenvalue weighted by atomic mass is 16.6. The molecule has 1 aliphatic carbocycles. The molecular weight excluding hydrogens is 358 g/mol. The molecule has 1 aromatic heterocycles. The van der Waals surface area contributed by atoms with Gasteiger partial charge in [-0.25, -0.2) is 4.63 Å². The average Bonchev–Trinajstić information content (AvgIpc) is 3.21. The van der Waals surface area contributed by atoms with Gasteiger partial charge in [0.15, 0.2) is 17.2 Å². The quantitative estimate of drug-likeness (QED) is 0.753. The van der Waals surface area contributed by atoms with E-state index in [4.69, 9.17) is 14.1 Å². The third-order valence-corrected chi connectivity index (χ3v) is 5.15. The molecule has 2 aliphatic rings. The highest BCUT2D eigenvalue weighted by Gasteiger charge is 2.29. The molecule has 142 valence electrons. The lowest BCUT2D eigenvalue weighted by Gasteiger charge is -2.25. The Hall–Kier alpha value is -3.35. The molecule has 0 unspecified atom stereocenters. The smallest absolute Gasteiger partial charge is 0.270 e. The van der Waals surface area contributed by atoms with E-state index >= 15 is 0 Å². The Morgan fingerprint density at radius 1 is 1.00 bits per heavy atom. The lowest BCUT2D eigenvalue weighted by molar-refractivity contribution is -0.125. The lowest BCUT2D eigenvalue weighted by atomic mass is 9.90. The predicted octanol–water partition coefficient (Wildman–Crippen LogP) is 3.39. The summed E-state index contributed by atoms with van der Waals surface area (Å²) in [7, 11) is 0. The van der Waals surface area contributed by atoms with Crippen LogP contribution in [0.3, 0.4) is 0 Å². The first kappa shape index (κ1) is 16.8. The summed E-state index contributed by atoms with van der Waals surface area (Å²) < 4.78 is 16.3. The number of fused-ring (bicyclic) bond motifs is 2. The van der Waals surface area contributed by atoms with Crippen LogP contribution in [0.25, 0.3) is 11.3 Å². The second-order valence-electron chi connectivity index (χ2n) is 7.01. The molecule has 1 atom stereocenters. The van der Waals surface area contributed by atoms with Crippen molar-refractivity contribution in [3.63, 3.8) is 0 Å². The summed E-state index contributed by atoms with van der Waals surface area (Å²) in [6.07, 6.45) is 3.81. The number of anilines is 1. The monoisotopic (exact) mass is 377 g/mol. The fourth-order valence-electron chi connectivity index (χ4n) is 3.69. The van der Waals surface area contributed by atoms with Gasteiger partial charge in [-0.3, -0.25) is 4.79 Å². The van der Waals surface area contributed by atoms with Gasteiger partial charge in [-0.2, -0.15) is 0 Å². The second kappa shape index (κ2) is 6.99. The molecule has 2 heterocycles. The van der Waals surface area contributed by atoms with E-state index in [-0.39, 0.29) is 18.3 Å². The average molecular weight is 377 g/mol. The van der Waals surface area contributed by atoms with Gasteiger partial charge in [0.05, 0.1) is 0 Å². The van der Waals surface area contributed by atoms with Crippen LogP contribution in [0.4, 0.5) is 5.82 Å². The maximum Gasteiger partial charge on any atom is 0.270 e. The molecule has 0 saturated heterocycles. The number of nitrogens with zero attached hydrogens (tertiary/aromatic N) is 2. The number of rotatable bonds is 3. The summed E-state index contributed by atoms with van der Waals surface area (Å²) in [6.45, 7) is 0.127. The molecule has 7 heteroatoms. The van der Waals surface area contributed by atoms with Gasteiger partial charge < -0.3 is 14.8 Å². The van der Waals surface area contributed by atoms with Crippen LogP contribution in [-0.2, 0) is 17.6 Å². The lowest BCUT2D eigenvalue weighted by Crippen LogP contribution is -2.40. The zero-order valence-electron chi connectivity index (χ0n) is 15.2. The van der Waals surface area contributed by atoms with Gasteiger partial charge >= 0.3 is 0 Å². The number of aryl methyl sites for hydroxylation is 2. The number of carbonyl (C=O) groups is 1. The molecule has 0 bridgehead atoms. The van der Waals surface area contributed by atoms with Gasteiger partial charge in [0.1, 0.15) is 6.61 Å². The first-order chi connectivity index (χ1) is 13.8. The summed E-state index contributed by atoms with van der Waals surface area (Å²) >= 11 is 0. The number of benzene rings is 2. The molecule has 7 nitrogen and oxygen atoms in total. The Morgan fingerprint density at radius 2 is 1.82 bits per heavy atom. The number of para-hydroxylation sites is 2. The molecule has 5 rings (SSSR count). The molecule has 0 spiro atoms. The number of nitrogens with one attached hydrogen (secondary N) is 1. The number of ether oxygens (including phenoxy) is 2. The Morgan fingerprint density at radius 3 is 2.71 bits per heavy atom. The third-order valence-electron chi connectivity index (χ3n) is 5.15. The van der Waals surface area contributed by atoms with Crippen molar-refractivity contribution in [1.82, 2.24) is 10.3 Å². The molecule has 0 radical (unpaired) electrons. The molecule has 3 aromatic rings. The third kappa shape index (κ3) is 3.09. The zero-order chi connectivity index (χ0) is 18.9. The van der Waals surface area contributed by atoms with E-state index in [1.54, 1.807) is 12.1 Å². The van der Waals surface area contributed by atoms with E-state index in [1.807, 2.05) is 18.2 Å². The topological polar surface area (TPSA) is 86.5 Å². The molecule has 1 N–H and O–H groups in total. The minimum absolute atomic E-state index is 0.127. The summed E-state index contributed by atoms with van der Waals surface area (Å²) in [5.41, 5.74) is 4.09. The number of amides is 1. The van der Waals surface area contributed by atoms with E-state index in [0.29, 0.717) is 17.2 Å². The van der Waals surface area contributed by atoms with Crippen molar-refractivity contribution in [1.29, 1.82) is 0 Å².